The third-order valence-electron chi connectivity index (χ3n) is 3.60. The smallest absolute Gasteiger partial charge is 0.308 e. The van der Waals surface area contributed by atoms with Crippen molar-refractivity contribution in [1.82, 2.24) is 4.31 Å². The summed E-state index contributed by atoms with van der Waals surface area (Å²) in [6.45, 7) is 2.04. The van der Waals surface area contributed by atoms with Gasteiger partial charge in [-0.15, -0.1) is 0 Å². The first kappa shape index (κ1) is 14.0. The van der Waals surface area contributed by atoms with E-state index in [1.807, 2.05) is 0 Å². The number of carbonyl (C=O) groups is 1. The first-order valence-corrected chi connectivity index (χ1v) is 7.68. The summed E-state index contributed by atoms with van der Waals surface area (Å²) in [7, 11) is -3.61. The second kappa shape index (κ2) is 5.30. The van der Waals surface area contributed by atoms with Gasteiger partial charge in [0.1, 0.15) is 0 Å². The van der Waals surface area contributed by atoms with Gasteiger partial charge in [-0.2, -0.15) is 4.31 Å². The molecule has 0 radical (unpaired) electrons. The number of rotatable bonds is 3. The van der Waals surface area contributed by atoms with Crippen molar-refractivity contribution in [2.75, 3.05) is 6.54 Å². The number of nitrogens with zero attached hydrogens (tertiary/aromatic N) is 1. The predicted molar refractivity (Wildman–Crippen MR) is 70.2 cm³/mol. The lowest BCUT2D eigenvalue weighted by atomic mass is 9.92. The number of hydrogen-bond acceptors (Lipinski definition) is 3. The first-order chi connectivity index (χ1) is 8.94. The molecule has 0 aromatic heterocycles. The number of piperidine rings is 1. The molecule has 1 aliphatic heterocycles. The molecule has 1 aromatic rings. The highest BCUT2D eigenvalue weighted by atomic mass is 32.2. The lowest BCUT2D eigenvalue weighted by Gasteiger charge is -2.36. The second-order valence-electron chi connectivity index (χ2n) is 4.76. The molecule has 5 nitrogen and oxygen atoms in total. The Morgan fingerprint density at radius 3 is 2.53 bits per heavy atom. The molecule has 0 unspecified atom stereocenters. The molecule has 0 amide bonds. The van der Waals surface area contributed by atoms with E-state index in [4.69, 9.17) is 5.11 Å². The number of carboxylic acid groups (broad SMARTS) is 1. The van der Waals surface area contributed by atoms with E-state index < -0.39 is 28.0 Å². The van der Waals surface area contributed by atoms with Crippen molar-refractivity contribution in [2.24, 2.45) is 5.92 Å². The maximum absolute atomic E-state index is 12.5. The van der Waals surface area contributed by atoms with Gasteiger partial charge in [-0.05, 0) is 31.9 Å². The molecule has 0 saturated carbocycles. The summed E-state index contributed by atoms with van der Waals surface area (Å²) >= 11 is 0. The van der Waals surface area contributed by atoms with Crippen molar-refractivity contribution in [2.45, 2.75) is 30.7 Å². The maximum Gasteiger partial charge on any atom is 0.308 e. The summed E-state index contributed by atoms with van der Waals surface area (Å²) in [4.78, 5) is 11.4. The van der Waals surface area contributed by atoms with E-state index in [1.54, 1.807) is 25.1 Å². The van der Waals surface area contributed by atoms with Crippen LogP contribution in [0.25, 0.3) is 0 Å². The highest BCUT2D eigenvalue weighted by molar-refractivity contribution is 7.89. The van der Waals surface area contributed by atoms with Crippen molar-refractivity contribution in [1.29, 1.82) is 0 Å². The van der Waals surface area contributed by atoms with Crippen LogP contribution < -0.4 is 0 Å². The van der Waals surface area contributed by atoms with Gasteiger partial charge in [0.05, 0.1) is 10.8 Å². The molecule has 0 aliphatic carbocycles. The van der Waals surface area contributed by atoms with Gasteiger partial charge in [0.25, 0.3) is 0 Å². The van der Waals surface area contributed by atoms with Crippen molar-refractivity contribution < 1.29 is 18.3 Å². The van der Waals surface area contributed by atoms with Crippen LogP contribution in [0.3, 0.4) is 0 Å². The molecule has 0 bridgehead atoms. The van der Waals surface area contributed by atoms with Crippen LogP contribution in [0.1, 0.15) is 19.8 Å². The van der Waals surface area contributed by atoms with Crippen LogP contribution in [-0.2, 0) is 14.8 Å². The molecular weight excluding hydrogens is 266 g/mol. The average molecular weight is 283 g/mol. The van der Waals surface area contributed by atoms with Crippen LogP contribution in [-0.4, -0.2) is 36.4 Å². The van der Waals surface area contributed by atoms with Crippen LogP contribution in [0.2, 0.25) is 0 Å². The minimum absolute atomic E-state index is 0.216. The summed E-state index contributed by atoms with van der Waals surface area (Å²) in [5, 5.41) is 9.14. The molecule has 2 atom stereocenters. The minimum Gasteiger partial charge on any atom is -0.481 e. The van der Waals surface area contributed by atoms with Crippen molar-refractivity contribution in [3.8, 4) is 0 Å². The van der Waals surface area contributed by atoms with E-state index in [2.05, 4.69) is 0 Å². The standard InChI is InChI=1S/C13H17NO4S/c1-10-12(13(15)16)8-5-9-14(10)19(17,18)11-6-3-2-4-7-11/h2-4,6-7,10,12H,5,8-9H2,1H3,(H,15,16)/t10-,12-/m1/s1. The van der Waals surface area contributed by atoms with Crippen molar-refractivity contribution in [3.63, 3.8) is 0 Å². The summed E-state index contributed by atoms with van der Waals surface area (Å²) in [5.74, 6) is -1.56. The highest BCUT2D eigenvalue weighted by Crippen LogP contribution is 2.29. The van der Waals surface area contributed by atoms with E-state index in [0.29, 0.717) is 19.4 Å². The first-order valence-electron chi connectivity index (χ1n) is 6.24. The molecule has 1 saturated heterocycles. The van der Waals surface area contributed by atoms with Gasteiger partial charge in [-0.1, -0.05) is 18.2 Å². The molecule has 1 fully saturated rings. The van der Waals surface area contributed by atoms with E-state index in [0.717, 1.165) is 0 Å². The Morgan fingerprint density at radius 2 is 1.95 bits per heavy atom. The zero-order chi connectivity index (χ0) is 14.0. The normalized spacial score (nSPS) is 25.1. The van der Waals surface area contributed by atoms with Crippen LogP contribution in [0.5, 0.6) is 0 Å². The summed E-state index contributed by atoms with van der Waals surface area (Å²) in [5.41, 5.74) is 0. The average Bonchev–Trinajstić information content (AvgIpc) is 2.39. The van der Waals surface area contributed by atoms with E-state index in [-0.39, 0.29) is 4.90 Å². The van der Waals surface area contributed by atoms with Crippen LogP contribution in [0.15, 0.2) is 35.2 Å². The Morgan fingerprint density at radius 1 is 1.32 bits per heavy atom. The third-order valence-corrected chi connectivity index (χ3v) is 5.60. The van der Waals surface area contributed by atoms with Crippen molar-refractivity contribution >= 4 is 16.0 Å². The number of benzene rings is 1. The molecule has 19 heavy (non-hydrogen) atoms. The lowest BCUT2D eigenvalue weighted by molar-refractivity contribution is -0.144. The van der Waals surface area contributed by atoms with Gasteiger partial charge >= 0.3 is 5.97 Å². The van der Waals surface area contributed by atoms with E-state index >= 15 is 0 Å². The molecule has 1 heterocycles. The van der Waals surface area contributed by atoms with Crippen molar-refractivity contribution in [3.05, 3.63) is 30.3 Å². The number of carboxylic acids is 1. The Kier molecular flexibility index (Phi) is 3.91. The Bertz CT molecular complexity index is 555. The molecular formula is C13H17NO4S. The monoisotopic (exact) mass is 283 g/mol. The Balaban J connectivity index is 2.33. The molecule has 1 aliphatic rings. The summed E-state index contributed by atoms with van der Waals surface area (Å²) in [6, 6.07) is 7.63. The molecule has 104 valence electrons. The zero-order valence-corrected chi connectivity index (χ0v) is 11.5. The third kappa shape index (κ3) is 2.64. The van der Waals surface area contributed by atoms with Gasteiger partial charge in [0, 0.05) is 12.6 Å². The van der Waals surface area contributed by atoms with E-state index in [1.165, 1.54) is 16.4 Å². The zero-order valence-electron chi connectivity index (χ0n) is 10.7. The van der Waals surface area contributed by atoms with Gasteiger partial charge in [-0.25, -0.2) is 8.42 Å². The lowest BCUT2D eigenvalue weighted by Crippen LogP contribution is -2.48. The van der Waals surface area contributed by atoms with E-state index in [9.17, 15) is 13.2 Å². The fraction of sp³-hybridized carbons (Fsp3) is 0.462. The number of aliphatic carboxylic acids is 1. The Hall–Kier alpha value is -1.40. The molecule has 0 spiro atoms. The molecule has 6 heteroatoms. The number of sulfonamides is 1. The largest absolute Gasteiger partial charge is 0.481 e. The summed E-state index contributed by atoms with van der Waals surface area (Å²) < 4.78 is 26.3. The van der Waals surface area contributed by atoms with Gasteiger partial charge in [0.15, 0.2) is 0 Å². The fourth-order valence-electron chi connectivity index (χ4n) is 2.51. The fourth-order valence-corrected chi connectivity index (χ4v) is 4.24. The van der Waals surface area contributed by atoms with Gasteiger partial charge in [-0.3, -0.25) is 4.79 Å². The highest BCUT2D eigenvalue weighted by Gasteiger charge is 2.39. The van der Waals surface area contributed by atoms with Crippen LogP contribution in [0.4, 0.5) is 0 Å². The Labute approximate surface area is 112 Å². The molecule has 1 aromatic carbocycles. The molecule has 2 rings (SSSR count). The van der Waals surface area contributed by atoms with Crippen LogP contribution in [0, 0.1) is 5.92 Å². The van der Waals surface area contributed by atoms with Gasteiger partial charge < -0.3 is 5.11 Å². The maximum atomic E-state index is 12.5. The topological polar surface area (TPSA) is 74.7 Å². The quantitative estimate of drug-likeness (QED) is 0.913. The van der Waals surface area contributed by atoms with Crippen LogP contribution >= 0.6 is 0 Å². The SMILES string of the molecule is C[C@@H]1[C@H](C(=O)O)CCCN1S(=O)(=O)c1ccccc1. The molecule has 1 N–H and O–H groups in total. The van der Waals surface area contributed by atoms with Gasteiger partial charge in [0.2, 0.25) is 10.0 Å². The second-order valence-corrected chi connectivity index (χ2v) is 6.65. The predicted octanol–water partition coefficient (Wildman–Crippen LogP) is 1.56. The summed E-state index contributed by atoms with van der Waals surface area (Å²) in [6.07, 6.45) is 1.10. The minimum atomic E-state index is -3.61. The number of hydrogen-bond donors (Lipinski definition) is 1.